The molecule has 0 fully saturated rings. The van der Waals surface area contributed by atoms with E-state index in [9.17, 15) is 23.1 Å². The number of halogens is 3. The second-order valence-electron chi connectivity index (χ2n) is 5.94. The van der Waals surface area contributed by atoms with Gasteiger partial charge in [-0.25, -0.2) is 0 Å². The Labute approximate surface area is 173 Å². The zero-order chi connectivity index (χ0) is 18.6. The first-order chi connectivity index (χ1) is 12.3. The van der Waals surface area contributed by atoms with Gasteiger partial charge in [0.1, 0.15) is 0 Å². The van der Waals surface area contributed by atoms with E-state index in [0.29, 0.717) is 27.6 Å². The van der Waals surface area contributed by atoms with Crippen LogP contribution in [0.3, 0.4) is 0 Å². The Bertz CT molecular complexity index is 1160. The summed E-state index contributed by atoms with van der Waals surface area (Å²) in [5, 5.41) is 16.8. The van der Waals surface area contributed by atoms with E-state index in [2.05, 4.69) is 5.10 Å². The summed E-state index contributed by atoms with van der Waals surface area (Å²) < 4.78 is 41.7. The van der Waals surface area contributed by atoms with Crippen LogP contribution in [0.15, 0.2) is 48.7 Å². The number of carboxylic acid groups (broad SMARTS) is 1. The molecule has 9 heteroatoms. The van der Waals surface area contributed by atoms with Gasteiger partial charge in [-0.05, 0) is 42.0 Å². The molecule has 0 unspecified atom stereocenters. The van der Waals surface area contributed by atoms with Crippen LogP contribution in [-0.4, -0.2) is 20.3 Å². The summed E-state index contributed by atoms with van der Waals surface area (Å²) in [6.45, 7) is 0. The number of aromatic nitrogens is 3. The van der Waals surface area contributed by atoms with Crippen molar-refractivity contribution in [1.29, 1.82) is 0 Å². The molecule has 0 N–H and O–H groups in total. The topological polar surface area (TPSA) is 62.9 Å². The Morgan fingerprint density at radius 1 is 1.07 bits per heavy atom. The van der Waals surface area contributed by atoms with Crippen LogP contribution in [0.1, 0.15) is 15.9 Å². The first-order valence-corrected chi connectivity index (χ1v) is 7.62. The van der Waals surface area contributed by atoms with Crippen LogP contribution in [0.25, 0.3) is 27.6 Å². The minimum atomic E-state index is -4.42. The van der Waals surface area contributed by atoms with E-state index in [-0.39, 0.29) is 35.1 Å². The minimum Gasteiger partial charge on any atom is -0.545 e. The number of hydrogen-bond acceptors (Lipinski definition) is 3. The number of alkyl halides is 3. The molecule has 2 aromatic heterocycles. The summed E-state index contributed by atoms with van der Waals surface area (Å²) in [6, 6.07) is 9.22. The van der Waals surface area contributed by atoms with E-state index in [4.69, 9.17) is 0 Å². The monoisotopic (exact) mass is 381 g/mol. The smallest absolute Gasteiger partial charge is 0.545 e. The number of carboxylic acids is 1. The summed E-state index contributed by atoms with van der Waals surface area (Å²) in [4.78, 5) is 11.1. The summed E-state index contributed by atoms with van der Waals surface area (Å²) in [5.41, 5.74) is 0.950. The molecule has 5 nitrogen and oxygen atoms in total. The SMILES string of the molecule is Cn1cc2c3cc(C(=O)[O-])ccc3n(-c3ccc(C(F)(F)F)cc3)c2n1.[Na+]. The third-order valence-corrected chi connectivity index (χ3v) is 4.24. The van der Waals surface area contributed by atoms with Gasteiger partial charge < -0.3 is 9.90 Å². The minimum absolute atomic E-state index is 0. The van der Waals surface area contributed by atoms with Gasteiger partial charge in [0, 0.05) is 29.7 Å². The zero-order valence-corrected chi connectivity index (χ0v) is 16.4. The van der Waals surface area contributed by atoms with Gasteiger partial charge in [0.05, 0.1) is 17.0 Å². The van der Waals surface area contributed by atoms with Crippen molar-refractivity contribution in [3.63, 3.8) is 0 Å². The number of rotatable bonds is 2. The zero-order valence-electron chi connectivity index (χ0n) is 14.4. The molecule has 2 aromatic carbocycles. The third kappa shape index (κ3) is 3.24. The van der Waals surface area contributed by atoms with E-state index in [1.165, 1.54) is 24.3 Å². The number of hydrogen-bond donors (Lipinski definition) is 0. The number of nitrogens with zero attached hydrogens (tertiary/aromatic N) is 3. The van der Waals surface area contributed by atoms with Gasteiger partial charge in [0.25, 0.3) is 0 Å². The first-order valence-electron chi connectivity index (χ1n) is 7.62. The first kappa shape index (κ1) is 19.5. The summed E-state index contributed by atoms with van der Waals surface area (Å²) >= 11 is 0. The fourth-order valence-corrected chi connectivity index (χ4v) is 3.08. The molecule has 0 aliphatic heterocycles. The molecule has 0 bridgehead atoms. The largest absolute Gasteiger partial charge is 1.00 e. The van der Waals surface area contributed by atoms with Crippen LogP contribution in [0, 0.1) is 0 Å². The number of carbonyl (C=O) groups is 1. The Morgan fingerprint density at radius 3 is 2.33 bits per heavy atom. The molecule has 4 rings (SSSR count). The van der Waals surface area contributed by atoms with Crippen molar-refractivity contribution in [3.05, 3.63) is 59.8 Å². The van der Waals surface area contributed by atoms with Gasteiger partial charge >= 0.3 is 35.7 Å². The Kier molecular flexibility index (Phi) is 4.83. The fraction of sp³-hybridized carbons (Fsp3) is 0.111. The molecule has 0 aliphatic rings. The second kappa shape index (κ2) is 6.70. The molecule has 0 amide bonds. The van der Waals surface area contributed by atoms with E-state index >= 15 is 0 Å². The fourth-order valence-electron chi connectivity index (χ4n) is 3.08. The summed E-state index contributed by atoms with van der Waals surface area (Å²) in [6.07, 6.45) is -2.68. The predicted octanol–water partition coefficient (Wildman–Crippen LogP) is -0.0965. The number of fused-ring (bicyclic) bond motifs is 3. The maximum Gasteiger partial charge on any atom is 1.00 e. The van der Waals surface area contributed by atoms with Gasteiger partial charge in [-0.1, -0.05) is 6.07 Å². The Hall–Kier alpha value is -2.29. The molecule has 132 valence electrons. The molecule has 2 heterocycles. The molecule has 0 saturated heterocycles. The molecule has 4 aromatic rings. The molecule has 0 spiro atoms. The maximum absolute atomic E-state index is 12.8. The van der Waals surface area contributed by atoms with Gasteiger partial charge in [0.15, 0.2) is 5.65 Å². The van der Waals surface area contributed by atoms with E-state index in [1.54, 1.807) is 28.6 Å². The standard InChI is InChI=1S/C18H12F3N3O2.Na/c1-23-9-14-13-8-10(17(25)26)2-7-15(13)24(16(14)22-23)12-5-3-11(4-6-12)18(19,20)21;/h2-9H,1H3,(H,25,26);/q;+1/p-1. The Balaban J connectivity index is 0.00000210. The van der Waals surface area contributed by atoms with Crippen LogP contribution in [-0.2, 0) is 13.2 Å². The van der Waals surface area contributed by atoms with Crippen molar-refractivity contribution in [3.8, 4) is 5.69 Å². The molecular formula is C18H11F3N3NaO2. The number of benzene rings is 2. The van der Waals surface area contributed by atoms with Gasteiger partial charge in [0.2, 0.25) is 0 Å². The molecular weight excluding hydrogens is 370 g/mol. The third-order valence-electron chi connectivity index (χ3n) is 4.24. The van der Waals surface area contributed by atoms with Crippen LogP contribution in [0.2, 0.25) is 0 Å². The average molecular weight is 381 g/mol. The van der Waals surface area contributed by atoms with E-state index < -0.39 is 17.7 Å². The van der Waals surface area contributed by atoms with Crippen LogP contribution in [0.5, 0.6) is 0 Å². The van der Waals surface area contributed by atoms with Gasteiger partial charge in [-0.2, -0.15) is 18.3 Å². The number of aromatic carboxylic acids is 1. The van der Waals surface area contributed by atoms with Crippen molar-refractivity contribution < 1.29 is 52.6 Å². The van der Waals surface area contributed by atoms with Gasteiger partial charge in [-0.3, -0.25) is 9.25 Å². The van der Waals surface area contributed by atoms with Crippen LogP contribution >= 0.6 is 0 Å². The van der Waals surface area contributed by atoms with Crippen molar-refractivity contribution >= 4 is 27.9 Å². The van der Waals surface area contributed by atoms with Gasteiger partial charge in [-0.15, -0.1) is 0 Å². The molecule has 27 heavy (non-hydrogen) atoms. The molecule has 0 radical (unpaired) electrons. The summed E-state index contributed by atoms with van der Waals surface area (Å²) in [7, 11) is 1.71. The van der Waals surface area contributed by atoms with Crippen LogP contribution < -0.4 is 34.7 Å². The van der Waals surface area contributed by atoms with E-state index in [0.717, 1.165) is 12.1 Å². The van der Waals surface area contributed by atoms with Crippen molar-refractivity contribution in [1.82, 2.24) is 14.3 Å². The van der Waals surface area contributed by atoms with Crippen LogP contribution in [0.4, 0.5) is 13.2 Å². The number of carbonyl (C=O) groups excluding carboxylic acids is 1. The number of aryl methyl sites for hydroxylation is 1. The predicted molar refractivity (Wildman–Crippen MR) is 86.9 cm³/mol. The normalized spacial score (nSPS) is 11.7. The quantitative estimate of drug-likeness (QED) is 0.456. The van der Waals surface area contributed by atoms with E-state index in [1.807, 2.05) is 0 Å². The molecule has 0 atom stereocenters. The van der Waals surface area contributed by atoms with Crippen molar-refractivity contribution in [2.24, 2.45) is 7.05 Å². The van der Waals surface area contributed by atoms with Crippen molar-refractivity contribution in [2.45, 2.75) is 6.18 Å². The summed E-state index contributed by atoms with van der Waals surface area (Å²) in [5.74, 6) is -1.30. The second-order valence-corrected chi connectivity index (χ2v) is 5.94. The maximum atomic E-state index is 12.8. The average Bonchev–Trinajstić information content (AvgIpc) is 3.08. The molecule has 0 saturated carbocycles. The Morgan fingerprint density at radius 2 is 1.74 bits per heavy atom. The van der Waals surface area contributed by atoms with Crippen molar-refractivity contribution in [2.75, 3.05) is 0 Å². The molecule has 0 aliphatic carbocycles.